The van der Waals surface area contributed by atoms with Crippen LogP contribution in [0, 0.1) is 0 Å². The number of rotatable bonds is 3. The zero-order valence-corrected chi connectivity index (χ0v) is 12.1. The van der Waals surface area contributed by atoms with E-state index in [1.54, 1.807) is 7.11 Å². The molecule has 2 heterocycles. The van der Waals surface area contributed by atoms with Crippen LogP contribution in [0.5, 0.6) is 5.75 Å². The maximum absolute atomic E-state index is 12.4. The molecule has 1 fully saturated rings. The molecule has 0 radical (unpaired) electrons. The normalized spacial score (nSPS) is 20.4. The third-order valence-corrected chi connectivity index (χ3v) is 4.20. The lowest BCUT2D eigenvalue weighted by Gasteiger charge is -2.35. The number of hydrogen-bond acceptors (Lipinski definition) is 3. The van der Waals surface area contributed by atoms with Gasteiger partial charge in [-0.1, -0.05) is 13.0 Å². The van der Waals surface area contributed by atoms with E-state index in [1.807, 2.05) is 22.8 Å². The molecule has 3 rings (SSSR count). The molecule has 20 heavy (non-hydrogen) atoms. The number of aromatic amines is 1. The summed E-state index contributed by atoms with van der Waals surface area (Å²) in [4.78, 5) is 17.7. The van der Waals surface area contributed by atoms with Crippen molar-refractivity contribution in [3.8, 4) is 5.75 Å². The van der Waals surface area contributed by atoms with Gasteiger partial charge in [-0.05, 0) is 37.9 Å². The number of imidazole rings is 1. The molecule has 1 atom stereocenters. The highest BCUT2D eigenvalue weighted by atomic mass is 16.5. The topological polar surface area (TPSA) is 50.3 Å². The summed E-state index contributed by atoms with van der Waals surface area (Å²) >= 11 is 0. The standard InChI is InChI=1S/C15H21N3O2/c1-3-17-10-5-4-9-13(17)18-14-11(16-15(18)19)7-6-8-12(14)20-2/h6-8,13H,3-5,9-10H2,1-2H3,(H,16,19). The van der Waals surface area contributed by atoms with Gasteiger partial charge in [-0.3, -0.25) is 9.47 Å². The Labute approximate surface area is 118 Å². The second-order valence-electron chi connectivity index (χ2n) is 5.26. The van der Waals surface area contributed by atoms with Crippen LogP contribution < -0.4 is 10.4 Å². The summed E-state index contributed by atoms with van der Waals surface area (Å²) < 4.78 is 7.31. The smallest absolute Gasteiger partial charge is 0.327 e. The Morgan fingerprint density at radius 1 is 1.40 bits per heavy atom. The molecule has 1 aromatic carbocycles. The number of likely N-dealkylation sites (tertiary alicyclic amines) is 1. The monoisotopic (exact) mass is 275 g/mol. The van der Waals surface area contributed by atoms with E-state index >= 15 is 0 Å². The summed E-state index contributed by atoms with van der Waals surface area (Å²) in [6.07, 6.45) is 3.51. The van der Waals surface area contributed by atoms with Gasteiger partial charge in [0.25, 0.3) is 0 Å². The van der Waals surface area contributed by atoms with Crippen molar-refractivity contribution in [2.24, 2.45) is 0 Å². The molecule has 1 aliphatic rings. The minimum absolute atomic E-state index is 0.0464. The molecular formula is C15H21N3O2. The van der Waals surface area contributed by atoms with E-state index in [9.17, 15) is 4.79 Å². The van der Waals surface area contributed by atoms with E-state index in [0.29, 0.717) is 0 Å². The highest BCUT2D eigenvalue weighted by Gasteiger charge is 2.26. The van der Waals surface area contributed by atoms with Crippen molar-refractivity contribution in [2.75, 3.05) is 20.2 Å². The number of nitrogens with one attached hydrogen (secondary N) is 1. The third-order valence-electron chi connectivity index (χ3n) is 4.20. The lowest BCUT2D eigenvalue weighted by molar-refractivity contribution is 0.102. The molecule has 1 aliphatic heterocycles. The van der Waals surface area contributed by atoms with Crippen molar-refractivity contribution in [1.29, 1.82) is 0 Å². The quantitative estimate of drug-likeness (QED) is 0.935. The predicted octanol–water partition coefficient (Wildman–Crippen LogP) is 2.34. The van der Waals surface area contributed by atoms with E-state index in [2.05, 4.69) is 16.8 Å². The molecule has 0 bridgehead atoms. The van der Waals surface area contributed by atoms with Gasteiger partial charge >= 0.3 is 5.69 Å². The van der Waals surface area contributed by atoms with Crippen LogP contribution in [0.1, 0.15) is 32.4 Å². The Hall–Kier alpha value is -1.75. The summed E-state index contributed by atoms with van der Waals surface area (Å²) in [6, 6.07) is 5.74. The summed E-state index contributed by atoms with van der Waals surface area (Å²) in [7, 11) is 1.65. The lowest BCUT2D eigenvalue weighted by Crippen LogP contribution is -2.40. The summed E-state index contributed by atoms with van der Waals surface area (Å²) in [6.45, 7) is 4.16. The fourth-order valence-electron chi connectivity index (χ4n) is 3.23. The van der Waals surface area contributed by atoms with Crippen LogP contribution in [-0.2, 0) is 0 Å². The average Bonchev–Trinajstić information content (AvgIpc) is 2.82. The first-order chi connectivity index (χ1) is 9.76. The molecule has 108 valence electrons. The number of benzene rings is 1. The Morgan fingerprint density at radius 3 is 3.00 bits per heavy atom. The van der Waals surface area contributed by atoms with Crippen molar-refractivity contribution < 1.29 is 4.74 Å². The van der Waals surface area contributed by atoms with Crippen LogP contribution >= 0.6 is 0 Å². The number of aromatic nitrogens is 2. The van der Waals surface area contributed by atoms with Crippen LogP contribution in [0.2, 0.25) is 0 Å². The second kappa shape index (κ2) is 5.32. The molecule has 5 nitrogen and oxygen atoms in total. The van der Waals surface area contributed by atoms with Crippen molar-refractivity contribution in [1.82, 2.24) is 14.5 Å². The highest BCUT2D eigenvalue weighted by molar-refractivity contribution is 5.82. The van der Waals surface area contributed by atoms with Crippen molar-refractivity contribution in [3.05, 3.63) is 28.7 Å². The van der Waals surface area contributed by atoms with E-state index < -0.39 is 0 Å². The first-order valence-electron chi connectivity index (χ1n) is 7.27. The minimum Gasteiger partial charge on any atom is -0.494 e. The van der Waals surface area contributed by atoms with Gasteiger partial charge in [-0.2, -0.15) is 0 Å². The van der Waals surface area contributed by atoms with Crippen molar-refractivity contribution in [2.45, 2.75) is 32.4 Å². The number of methoxy groups -OCH3 is 1. The number of ether oxygens (including phenoxy) is 1. The van der Waals surface area contributed by atoms with Gasteiger partial charge in [-0.25, -0.2) is 4.79 Å². The molecule has 0 spiro atoms. The first-order valence-corrected chi connectivity index (χ1v) is 7.27. The highest BCUT2D eigenvalue weighted by Crippen LogP contribution is 2.31. The summed E-state index contributed by atoms with van der Waals surface area (Å²) in [5, 5.41) is 0. The van der Waals surface area contributed by atoms with Crippen molar-refractivity contribution in [3.63, 3.8) is 0 Å². The van der Waals surface area contributed by atoms with E-state index in [4.69, 9.17) is 4.74 Å². The average molecular weight is 275 g/mol. The number of fused-ring (bicyclic) bond motifs is 1. The first kappa shape index (κ1) is 13.2. The Morgan fingerprint density at radius 2 is 2.25 bits per heavy atom. The van der Waals surface area contributed by atoms with Crippen LogP contribution in [0.3, 0.4) is 0 Å². The lowest BCUT2D eigenvalue weighted by atomic mass is 10.1. The van der Waals surface area contributed by atoms with Gasteiger partial charge in [0.1, 0.15) is 11.3 Å². The van der Waals surface area contributed by atoms with Gasteiger partial charge in [-0.15, -0.1) is 0 Å². The SMILES string of the molecule is CCN1CCCCC1n1c(=O)[nH]c2cccc(OC)c21. The minimum atomic E-state index is -0.0464. The zero-order valence-electron chi connectivity index (χ0n) is 12.1. The van der Waals surface area contributed by atoms with E-state index in [0.717, 1.165) is 42.7 Å². The number of nitrogens with zero attached hydrogens (tertiary/aromatic N) is 2. The molecule has 1 N–H and O–H groups in total. The fraction of sp³-hybridized carbons (Fsp3) is 0.533. The van der Waals surface area contributed by atoms with Gasteiger partial charge in [0, 0.05) is 6.54 Å². The maximum Gasteiger partial charge on any atom is 0.327 e. The van der Waals surface area contributed by atoms with Gasteiger partial charge in [0.15, 0.2) is 0 Å². The molecule has 5 heteroatoms. The Kier molecular flexibility index (Phi) is 3.53. The second-order valence-corrected chi connectivity index (χ2v) is 5.26. The Balaban J connectivity index is 2.19. The zero-order chi connectivity index (χ0) is 14.1. The molecule has 0 aliphatic carbocycles. The van der Waals surface area contributed by atoms with Crippen LogP contribution in [-0.4, -0.2) is 34.7 Å². The molecule has 0 saturated carbocycles. The molecular weight excluding hydrogens is 254 g/mol. The fourth-order valence-corrected chi connectivity index (χ4v) is 3.23. The van der Waals surface area contributed by atoms with E-state index in [-0.39, 0.29) is 11.9 Å². The summed E-state index contributed by atoms with van der Waals surface area (Å²) in [5.74, 6) is 0.752. The van der Waals surface area contributed by atoms with E-state index in [1.165, 1.54) is 6.42 Å². The number of hydrogen-bond donors (Lipinski definition) is 1. The number of H-pyrrole nitrogens is 1. The van der Waals surface area contributed by atoms with Crippen LogP contribution in [0.25, 0.3) is 11.0 Å². The molecule has 0 amide bonds. The summed E-state index contributed by atoms with van der Waals surface area (Å²) in [5.41, 5.74) is 1.68. The van der Waals surface area contributed by atoms with Crippen molar-refractivity contribution >= 4 is 11.0 Å². The Bertz CT molecular complexity index is 659. The number of piperidine rings is 1. The van der Waals surface area contributed by atoms with Crippen LogP contribution in [0.15, 0.2) is 23.0 Å². The maximum atomic E-state index is 12.4. The molecule has 1 aromatic heterocycles. The molecule has 2 aromatic rings. The van der Waals surface area contributed by atoms with Crippen LogP contribution in [0.4, 0.5) is 0 Å². The van der Waals surface area contributed by atoms with Gasteiger partial charge < -0.3 is 9.72 Å². The predicted molar refractivity (Wildman–Crippen MR) is 79.2 cm³/mol. The van der Waals surface area contributed by atoms with Gasteiger partial charge in [0.2, 0.25) is 0 Å². The van der Waals surface area contributed by atoms with Gasteiger partial charge in [0.05, 0.1) is 18.8 Å². The molecule has 1 saturated heterocycles. The largest absolute Gasteiger partial charge is 0.494 e. The molecule has 1 unspecified atom stereocenters. The number of para-hydroxylation sites is 1. The third kappa shape index (κ3) is 2.02.